The van der Waals surface area contributed by atoms with Crippen LogP contribution in [0.3, 0.4) is 0 Å². The van der Waals surface area contributed by atoms with Gasteiger partial charge in [-0.1, -0.05) is 0 Å². The van der Waals surface area contributed by atoms with Crippen molar-refractivity contribution in [1.82, 2.24) is 9.97 Å². The van der Waals surface area contributed by atoms with E-state index in [0.717, 1.165) is 6.26 Å². The third-order valence-electron chi connectivity index (χ3n) is 0.768. The Labute approximate surface area is 64.2 Å². The highest BCUT2D eigenvalue weighted by Crippen LogP contribution is 1.99. The largest absolute Gasteiger partial charge is 0.343 e. The van der Waals surface area contributed by atoms with Crippen LogP contribution in [0.2, 0.25) is 0 Å². The molecule has 0 saturated heterocycles. The van der Waals surface area contributed by atoms with Gasteiger partial charge in [-0.15, -0.1) is 0 Å². The second-order valence-corrected chi connectivity index (χ2v) is 3.39. The van der Waals surface area contributed by atoms with Crippen LogP contribution in [0.5, 0.6) is 6.01 Å². The van der Waals surface area contributed by atoms with Gasteiger partial charge in [-0.2, -0.15) is 8.42 Å². The number of nitrogens with zero attached hydrogens (tertiary/aromatic N) is 2. The van der Waals surface area contributed by atoms with Crippen LogP contribution in [0.15, 0.2) is 18.5 Å². The standard InChI is InChI=1S/C5H6N2O3S/c1-11(8,9)10-5-6-3-2-4-7-5/h2-4H,1H3. The van der Waals surface area contributed by atoms with Crippen LogP contribution in [0.4, 0.5) is 0 Å². The predicted octanol–water partition coefficient (Wildman–Crippen LogP) is -0.185. The lowest BCUT2D eigenvalue weighted by atomic mass is 10.7. The number of rotatable bonds is 2. The highest BCUT2D eigenvalue weighted by Gasteiger charge is 2.04. The molecule has 0 amide bonds. The molecule has 0 aliphatic heterocycles. The smallest absolute Gasteiger partial charge is 0.332 e. The molecule has 0 aromatic carbocycles. The van der Waals surface area contributed by atoms with Crippen molar-refractivity contribution in [3.63, 3.8) is 0 Å². The van der Waals surface area contributed by atoms with E-state index in [0.29, 0.717) is 0 Å². The fourth-order valence-corrected chi connectivity index (χ4v) is 0.821. The normalized spacial score (nSPS) is 11.0. The second-order valence-electron chi connectivity index (χ2n) is 1.82. The summed E-state index contributed by atoms with van der Waals surface area (Å²) in [5.74, 6) is 0. The van der Waals surface area contributed by atoms with Gasteiger partial charge in [-0.3, -0.25) is 0 Å². The Morgan fingerprint density at radius 3 is 2.36 bits per heavy atom. The first-order chi connectivity index (χ1) is 5.08. The van der Waals surface area contributed by atoms with Crippen LogP contribution in [-0.4, -0.2) is 24.6 Å². The molecule has 0 unspecified atom stereocenters. The quantitative estimate of drug-likeness (QED) is 0.581. The lowest BCUT2D eigenvalue weighted by Gasteiger charge is -1.97. The fraction of sp³-hybridized carbons (Fsp3) is 0.200. The molecule has 0 atom stereocenters. The van der Waals surface area contributed by atoms with Gasteiger partial charge in [0.15, 0.2) is 0 Å². The summed E-state index contributed by atoms with van der Waals surface area (Å²) in [5.41, 5.74) is 0. The zero-order chi connectivity index (χ0) is 8.32. The van der Waals surface area contributed by atoms with Crippen molar-refractivity contribution in [1.29, 1.82) is 0 Å². The van der Waals surface area contributed by atoms with Gasteiger partial charge < -0.3 is 4.18 Å². The van der Waals surface area contributed by atoms with Crippen molar-refractivity contribution in [2.75, 3.05) is 6.26 Å². The van der Waals surface area contributed by atoms with Gasteiger partial charge in [0.1, 0.15) is 0 Å². The predicted molar refractivity (Wildman–Crippen MR) is 37.5 cm³/mol. The summed E-state index contributed by atoms with van der Waals surface area (Å²) < 4.78 is 25.3. The lowest BCUT2D eigenvalue weighted by Crippen LogP contribution is -2.07. The average molecular weight is 174 g/mol. The molecule has 1 heterocycles. The van der Waals surface area contributed by atoms with E-state index in [-0.39, 0.29) is 6.01 Å². The number of aromatic nitrogens is 2. The third kappa shape index (κ3) is 2.94. The van der Waals surface area contributed by atoms with E-state index in [4.69, 9.17) is 0 Å². The number of hydrogen-bond acceptors (Lipinski definition) is 5. The van der Waals surface area contributed by atoms with E-state index >= 15 is 0 Å². The summed E-state index contributed by atoms with van der Waals surface area (Å²) >= 11 is 0. The molecule has 0 radical (unpaired) electrons. The zero-order valence-corrected chi connectivity index (χ0v) is 6.58. The van der Waals surface area contributed by atoms with Gasteiger partial charge in [0.05, 0.1) is 6.26 Å². The molecule has 0 saturated carbocycles. The summed E-state index contributed by atoms with van der Waals surface area (Å²) in [6.45, 7) is 0. The molecule has 11 heavy (non-hydrogen) atoms. The maximum atomic E-state index is 10.5. The van der Waals surface area contributed by atoms with Crippen molar-refractivity contribution in [3.8, 4) is 6.01 Å². The van der Waals surface area contributed by atoms with E-state index < -0.39 is 10.1 Å². The molecule has 0 N–H and O–H groups in total. The Hall–Kier alpha value is -1.17. The molecule has 1 rings (SSSR count). The Balaban J connectivity index is 2.82. The molecular weight excluding hydrogens is 168 g/mol. The minimum atomic E-state index is -3.50. The van der Waals surface area contributed by atoms with Crippen LogP contribution >= 0.6 is 0 Å². The SMILES string of the molecule is CS(=O)(=O)Oc1ncccn1. The van der Waals surface area contributed by atoms with Gasteiger partial charge in [-0.25, -0.2) is 9.97 Å². The van der Waals surface area contributed by atoms with Crippen LogP contribution in [0, 0.1) is 0 Å². The second kappa shape index (κ2) is 2.83. The first kappa shape index (κ1) is 7.93. The average Bonchev–Trinajstić information content (AvgIpc) is 1.85. The Morgan fingerprint density at radius 1 is 1.36 bits per heavy atom. The lowest BCUT2D eigenvalue weighted by molar-refractivity contribution is 0.470. The Bertz CT molecular complexity index is 321. The topological polar surface area (TPSA) is 69.2 Å². The van der Waals surface area contributed by atoms with E-state index in [1.54, 1.807) is 6.07 Å². The highest BCUT2D eigenvalue weighted by atomic mass is 32.2. The molecule has 1 aromatic rings. The Morgan fingerprint density at radius 2 is 1.91 bits per heavy atom. The number of hydrogen-bond donors (Lipinski definition) is 0. The molecule has 6 heteroatoms. The van der Waals surface area contributed by atoms with Gasteiger partial charge >= 0.3 is 16.1 Å². The van der Waals surface area contributed by atoms with Crippen molar-refractivity contribution in [2.45, 2.75) is 0 Å². The van der Waals surface area contributed by atoms with Crippen LogP contribution in [-0.2, 0) is 10.1 Å². The van der Waals surface area contributed by atoms with Crippen molar-refractivity contribution in [2.24, 2.45) is 0 Å². The molecule has 0 aliphatic carbocycles. The molecule has 60 valence electrons. The third-order valence-corrected chi connectivity index (χ3v) is 1.22. The maximum absolute atomic E-state index is 10.5. The monoisotopic (exact) mass is 174 g/mol. The van der Waals surface area contributed by atoms with E-state index in [9.17, 15) is 8.42 Å². The van der Waals surface area contributed by atoms with Crippen molar-refractivity contribution >= 4 is 10.1 Å². The molecule has 1 aromatic heterocycles. The summed E-state index contributed by atoms with van der Waals surface area (Å²) in [4.78, 5) is 7.10. The minimum absolute atomic E-state index is 0.157. The summed E-state index contributed by atoms with van der Waals surface area (Å²) in [6.07, 6.45) is 3.73. The highest BCUT2D eigenvalue weighted by molar-refractivity contribution is 7.86. The van der Waals surface area contributed by atoms with E-state index in [1.165, 1.54) is 12.4 Å². The Kier molecular flexibility index (Phi) is 2.04. The van der Waals surface area contributed by atoms with Gasteiger partial charge in [0, 0.05) is 12.4 Å². The van der Waals surface area contributed by atoms with Gasteiger partial charge in [0.25, 0.3) is 0 Å². The fourth-order valence-electron chi connectivity index (χ4n) is 0.464. The molecular formula is C5H6N2O3S. The molecule has 0 spiro atoms. The zero-order valence-electron chi connectivity index (χ0n) is 5.76. The summed E-state index contributed by atoms with van der Waals surface area (Å²) in [6, 6.07) is 1.41. The minimum Gasteiger partial charge on any atom is -0.343 e. The van der Waals surface area contributed by atoms with Crippen LogP contribution in [0.1, 0.15) is 0 Å². The van der Waals surface area contributed by atoms with Crippen LogP contribution in [0.25, 0.3) is 0 Å². The van der Waals surface area contributed by atoms with Crippen molar-refractivity contribution in [3.05, 3.63) is 18.5 Å². The molecule has 0 aliphatic rings. The summed E-state index contributed by atoms with van der Waals surface area (Å²) in [7, 11) is -3.50. The van der Waals surface area contributed by atoms with Gasteiger partial charge in [-0.05, 0) is 6.07 Å². The van der Waals surface area contributed by atoms with Crippen molar-refractivity contribution < 1.29 is 12.6 Å². The molecule has 5 nitrogen and oxygen atoms in total. The first-order valence-corrected chi connectivity index (χ1v) is 4.56. The van der Waals surface area contributed by atoms with E-state index in [1.807, 2.05) is 0 Å². The van der Waals surface area contributed by atoms with Gasteiger partial charge in [0.2, 0.25) is 0 Å². The van der Waals surface area contributed by atoms with Crippen LogP contribution < -0.4 is 4.18 Å². The molecule has 0 fully saturated rings. The first-order valence-electron chi connectivity index (χ1n) is 2.74. The summed E-state index contributed by atoms with van der Waals surface area (Å²) in [5, 5.41) is 0. The maximum Gasteiger partial charge on any atom is 0.332 e. The van der Waals surface area contributed by atoms with E-state index in [2.05, 4.69) is 14.2 Å². The molecule has 0 bridgehead atoms.